The minimum Gasteiger partial charge on any atom is -0.368 e. The lowest BCUT2D eigenvalue weighted by molar-refractivity contribution is -0.137. The molecule has 9 heteroatoms. The molecule has 3 aromatic rings. The van der Waals surface area contributed by atoms with Crippen molar-refractivity contribution in [3.8, 4) is 0 Å². The highest BCUT2D eigenvalue weighted by Gasteiger charge is 2.30. The minimum atomic E-state index is -4.50. The average Bonchev–Trinajstić information content (AvgIpc) is 2.67. The number of primary amides is 1. The monoisotopic (exact) mass is 417 g/mol. The Morgan fingerprint density at radius 2 is 1.80 bits per heavy atom. The standard InChI is InChI=1S/C21H18F3N3O3/c1-12(19(25)29)27-9-8-15-16(20(27)30)6-3-7-17(15)26-18(28)11-13-4-2-5-14(10-13)21(22,23)24/h2-10,12H,11H2,1H3,(H2,25,29)(H,26,28). The molecule has 1 unspecified atom stereocenters. The second kappa shape index (κ2) is 8.02. The molecule has 0 saturated carbocycles. The van der Waals surface area contributed by atoms with Crippen LogP contribution in [0.4, 0.5) is 18.9 Å². The molecule has 1 heterocycles. The van der Waals surface area contributed by atoms with Crippen molar-refractivity contribution < 1.29 is 22.8 Å². The molecule has 0 fully saturated rings. The van der Waals surface area contributed by atoms with Crippen molar-refractivity contribution in [2.24, 2.45) is 5.73 Å². The maximum Gasteiger partial charge on any atom is 0.416 e. The summed E-state index contributed by atoms with van der Waals surface area (Å²) in [6.07, 6.45) is -3.36. The lowest BCUT2D eigenvalue weighted by Gasteiger charge is -2.14. The maximum absolute atomic E-state index is 12.8. The van der Waals surface area contributed by atoms with Gasteiger partial charge in [-0.25, -0.2) is 0 Å². The highest BCUT2D eigenvalue weighted by molar-refractivity contribution is 6.02. The number of aromatic nitrogens is 1. The van der Waals surface area contributed by atoms with Crippen molar-refractivity contribution in [1.29, 1.82) is 0 Å². The average molecular weight is 417 g/mol. The highest BCUT2D eigenvalue weighted by Crippen LogP contribution is 2.29. The normalized spacial score (nSPS) is 12.5. The molecular formula is C21H18F3N3O3. The topological polar surface area (TPSA) is 94.2 Å². The summed E-state index contributed by atoms with van der Waals surface area (Å²) in [5, 5.41) is 3.33. The van der Waals surface area contributed by atoms with Crippen molar-refractivity contribution in [2.75, 3.05) is 5.32 Å². The number of nitrogens with zero attached hydrogens (tertiary/aromatic N) is 1. The van der Waals surface area contributed by atoms with Gasteiger partial charge < -0.3 is 15.6 Å². The first-order chi connectivity index (χ1) is 14.1. The fourth-order valence-corrected chi connectivity index (χ4v) is 3.08. The fourth-order valence-electron chi connectivity index (χ4n) is 3.08. The van der Waals surface area contributed by atoms with Crippen LogP contribution in [-0.4, -0.2) is 16.4 Å². The van der Waals surface area contributed by atoms with Gasteiger partial charge in [0.2, 0.25) is 11.8 Å². The van der Waals surface area contributed by atoms with Gasteiger partial charge in [0.05, 0.1) is 12.0 Å². The Bertz CT molecular complexity index is 1190. The van der Waals surface area contributed by atoms with E-state index in [1.807, 2.05) is 0 Å². The zero-order valence-electron chi connectivity index (χ0n) is 15.9. The van der Waals surface area contributed by atoms with Gasteiger partial charge in [-0.2, -0.15) is 13.2 Å². The van der Waals surface area contributed by atoms with E-state index >= 15 is 0 Å². The van der Waals surface area contributed by atoms with Crippen LogP contribution in [0.2, 0.25) is 0 Å². The molecule has 1 atom stereocenters. The molecule has 2 amide bonds. The van der Waals surface area contributed by atoms with E-state index in [1.54, 1.807) is 24.3 Å². The van der Waals surface area contributed by atoms with Crippen LogP contribution >= 0.6 is 0 Å². The number of benzene rings is 2. The lowest BCUT2D eigenvalue weighted by Crippen LogP contribution is -2.31. The number of alkyl halides is 3. The molecule has 0 aliphatic heterocycles. The van der Waals surface area contributed by atoms with Gasteiger partial charge in [0.15, 0.2) is 0 Å². The molecule has 0 spiro atoms. The molecule has 0 aliphatic carbocycles. The first-order valence-electron chi connectivity index (χ1n) is 8.97. The van der Waals surface area contributed by atoms with E-state index in [0.717, 1.165) is 12.1 Å². The van der Waals surface area contributed by atoms with Crippen LogP contribution < -0.4 is 16.6 Å². The van der Waals surface area contributed by atoms with Crippen molar-refractivity contribution in [2.45, 2.75) is 25.6 Å². The van der Waals surface area contributed by atoms with Crippen LogP contribution in [0.5, 0.6) is 0 Å². The van der Waals surface area contributed by atoms with Crippen molar-refractivity contribution >= 4 is 28.3 Å². The molecule has 1 aromatic heterocycles. The highest BCUT2D eigenvalue weighted by atomic mass is 19.4. The number of amides is 2. The molecule has 30 heavy (non-hydrogen) atoms. The number of rotatable bonds is 5. The number of carbonyl (C=O) groups is 2. The van der Waals surface area contributed by atoms with Crippen molar-refractivity contribution in [3.05, 3.63) is 76.2 Å². The van der Waals surface area contributed by atoms with Crippen molar-refractivity contribution in [3.63, 3.8) is 0 Å². The van der Waals surface area contributed by atoms with Gasteiger partial charge in [-0.1, -0.05) is 24.3 Å². The van der Waals surface area contributed by atoms with Gasteiger partial charge in [-0.3, -0.25) is 14.4 Å². The van der Waals surface area contributed by atoms with Gasteiger partial charge in [0, 0.05) is 22.7 Å². The van der Waals surface area contributed by atoms with E-state index in [4.69, 9.17) is 5.73 Å². The SMILES string of the molecule is CC(C(N)=O)n1ccc2c(NC(=O)Cc3cccc(C(F)(F)F)c3)cccc2c1=O. The van der Waals surface area contributed by atoms with Gasteiger partial charge in [0.25, 0.3) is 5.56 Å². The number of hydrogen-bond donors (Lipinski definition) is 2. The number of nitrogens with two attached hydrogens (primary N) is 1. The number of anilines is 1. The van der Waals surface area contributed by atoms with Crippen LogP contribution in [0, 0.1) is 0 Å². The third-order valence-electron chi connectivity index (χ3n) is 4.69. The van der Waals surface area contributed by atoms with Gasteiger partial charge >= 0.3 is 6.18 Å². The predicted molar refractivity (Wildman–Crippen MR) is 106 cm³/mol. The molecular weight excluding hydrogens is 399 g/mol. The number of nitrogens with one attached hydrogen (secondary N) is 1. The third-order valence-corrected chi connectivity index (χ3v) is 4.69. The molecule has 0 saturated heterocycles. The minimum absolute atomic E-state index is 0.209. The van der Waals surface area contributed by atoms with Crippen LogP contribution in [-0.2, 0) is 22.2 Å². The van der Waals surface area contributed by atoms with E-state index < -0.39 is 35.2 Å². The predicted octanol–water partition coefficient (Wildman–Crippen LogP) is 3.25. The molecule has 3 rings (SSSR count). The van der Waals surface area contributed by atoms with Crippen LogP contribution in [0.25, 0.3) is 10.8 Å². The van der Waals surface area contributed by atoms with Gasteiger partial charge in [-0.15, -0.1) is 0 Å². The van der Waals surface area contributed by atoms with E-state index in [2.05, 4.69) is 5.32 Å². The first-order valence-corrected chi connectivity index (χ1v) is 8.97. The van der Waals surface area contributed by atoms with E-state index in [0.29, 0.717) is 11.1 Å². The second-order valence-electron chi connectivity index (χ2n) is 6.80. The molecule has 6 nitrogen and oxygen atoms in total. The molecule has 3 N–H and O–H groups in total. The lowest BCUT2D eigenvalue weighted by atomic mass is 10.1. The van der Waals surface area contributed by atoms with E-state index in [9.17, 15) is 27.6 Å². The Morgan fingerprint density at radius 3 is 2.47 bits per heavy atom. The van der Waals surface area contributed by atoms with Crippen LogP contribution in [0.1, 0.15) is 24.1 Å². The smallest absolute Gasteiger partial charge is 0.368 e. The Labute approximate surface area is 169 Å². The zero-order valence-corrected chi connectivity index (χ0v) is 15.9. The second-order valence-corrected chi connectivity index (χ2v) is 6.80. The summed E-state index contributed by atoms with van der Waals surface area (Å²) in [5.41, 5.74) is 4.52. The number of hydrogen-bond acceptors (Lipinski definition) is 3. The van der Waals surface area contributed by atoms with E-state index in [-0.39, 0.29) is 17.4 Å². The summed E-state index contributed by atoms with van der Waals surface area (Å²) in [5.74, 6) is -1.20. The maximum atomic E-state index is 12.8. The number of carbonyl (C=O) groups excluding carboxylic acids is 2. The molecule has 2 aromatic carbocycles. The van der Waals surface area contributed by atoms with Gasteiger partial charge in [-0.05, 0) is 36.8 Å². The summed E-state index contributed by atoms with van der Waals surface area (Å²) in [4.78, 5) is 36.5. The number of pyridine rings is 1. The quantitative estimate of drug-likeness (QED) is 0.667. The first kappa shape index (κ1) is 21.1. The molecule has 0 radical (unpaired) electrons. The van der Waals surface area contributed by atoms with Gasteiger partial charge in [0.1, 0.15) is 6.04 Å². The molecule has 156 valence electrons. The van der Waals surface area contributed by atoms with Crippen LogP contribution in [0.3, 0.4) is 0 Å². The third kappa shape index (κ3) is 4.35. The Kier molecular flexibility index (Phi) is 5.64. The summed E-state index contributed by atoms with van der Waals surface area (Å²) < 4.78 is 39.7. The number of fused-ring (bicyclic) bond motifs is 1. The molecule has 0 bridgehead atoms. The molecule has 0 aliphatic rings. The number of halogens is 3. The summed E-state index contributed by atoms with van der Waals surface area (Å²) in [6, 6.07) is 9.93. The zero-order chi connectivity index (χ0) is 22.1. The Balaban J connectivity index is 1.87. The summed E-state index contributed by atoms with van der Waals surface area (Å²) in [6.45, 7) is 1.50. The summed E-state index contributed by atoms with van der Waals surface area (Å²) in [7, 11) is 0. The summed E-state index contributed by atoms with van der Waals surface area (Å²) >= 11 is 0. The van der Waals surface area contributed by atoms with Crippen molar-refractivity contribution in [1.82, 2.24) is 4.57 Å². The largest absolute Gasteiger partial charge is 0.416 e. The Morgan fingerprint density at radius 1 is 1.10 bits per heavy atom. The van der Waals surface area contributed by atoms with Crippen LogP contribution in [0.15, 0.2) is 59.5 Å². The Hall–Kier alpha value is -3.62. The van der Waals surface area contributed by atoms with E-state index in [1.165, 1.54) is 29.8 Å². The fraction of sp³-hybridized carbons (Fsp3) is 0.190.